The second-order valence-corrected chi connectivity index (χ2v) is 8.33. The molecule has 1 aliphatic rings. The summed E-state index contributed by atoms with van der Waals surface area (Å²) < 4.78 is 6.38. The zero-order chi connectivity index (χ0) is 19.8. The number of aromatic nitrogens is 1. The summed E-state index contributed by atoms with van der Waals surface area (Å²) in [5, 5.41) is 7.32. The lowest BCUT2D eigenvalue weighted by Crippen LogP contribution is -2.41. The summed E-state index contributed by atoms with van der Waals surface area (Å²) in [5.41, 5.74) is 2.85. The summed E-state index contributed by atoms with van der Waals surface area (Å²) in [6.07, 6.45) is 0. The molecular formula is C23H22BrN3O2. The first-order valence-corrected chi connectivity index (χ1v) is 10.7. The van der Waals surface area contributed by atoms with E-state index in [1.807, 2.05) is 30.3 Å². The zero-order valence-corrected chi connectivity index (χ0v) is 17.6. The number of H-pyrrole nitrogens is 1. The fourth-order valence-corrected chi connectivity index (χ4v) is 4.50. The second kappa shape index (κ2) is 7.78. The summed E-state index contributed by atoms with van der Waals surface area (Å²) >= 11 is 3.58. The van der Waals surface area contributed by atoms with Crippen molar-refractivity contribution in [1.82, 2.24) is 15.2 Å². The van der Waals surface area contributed by atoms with Crippen LogP contribution in [0.5, 0.6) is 0 Å². The minimum Gasteiger partial charge on any atom is -0.379 e. The number of fused-ring (bicyclic) bond motifs is 5. The molecule has 29 heavy (non-hydrogen) atoms. The van der Waals surface area contributed by atoms with Crippen molar-refractivity contribution >= 4 is 54.4 Å². The Balaban J connectivity index is 1.53. The number of nitrogens with one attached hydrogen (secondary N) is 2. The van der Waals surface area contributed by atoms with Gasteiger partial charge in [-0.3, -0.25) is 9.69 Å². The molecule has 2 N–H and O–H groups in total. The van der Waals surface area contributed by atoms with Crippen molar-refractivity contribution in [2.24, 2.45) is 0 Å². The molecule has 148 valence electrons. The summed E-state index contributed by atoms with van der Waals surface area (Å²) in [6, 6.07) is 16.3. The molecule has 0 aliphatic carbocycles. The lowest BCUT2D eigenvalue weighted by molar-refractivity contribution is 0.0383. The van der Waals surface area contributed by atoms with E-state index in [0.717, 1.165) is 69.9 Å². The van der Waals surface area contributed by atoms with Gasteiger partial charge in [-0.15, -0.1) is 0 Å². The largest absolute Gasteiger partial charge is 0.379 e. The Morgan fingerprint density at radius 1 is 1.03 bits per heavy atom. The maximum Gasteiger partial charge on any atom is 0.251 e. The molecule has 1 saturated heterocycles. The lowest BCUT2D eigenvalue weighted by Gasteiger charge is -2.26. The fraction of sp³-hybridized carbons (Fsp3) is 0.261. The van der Waals surface area contributed by atoms with Crippen LogP contribution in [0.2, 0.25) is 0 Å². The van der Waals surface area contributed by atoms with Crippen molar-refractivity contribution in [2.45, 2.75) is 0 Å². The molecule has 0 unspecified atom stereocenters. The number of aromatic amines is 1. The van der Waals surface area contributed by atoms with Crippen LogP contribution in [0.25, 0.3) is 32.6 Å². The molecule has 1 aliphatic heterocycles. The van der Waals surface area contributed by atoms with Gasteiger partial charge in [-0.2, -0.15) is 0 Å². The Labute approximate surface area is 177 Å². The third kappa shape index (κ3) is 3.52. The maximum absolute atomic E-state index is 13.1. The van der Waals surface area contributed by atoms with Crippen LogP contribution in [0.4, 0.5) is 0 Å². The number of benzene rings is 3. The van der Waals surface area contributed by atoms with Gasteiger partial charge in [0.1, 0.15) is 0 Å². The Bertz CT molecular complexity index is 1210. The summed E-state index contributed by atoms with van der Waals surface area (Å²) in [7, 11) is 0. The van der Waals surface area contributed by atoms with Gasteiger partial charge in [-0.25, -0.2) is 0 Å². The van der Waals surface area contributed by atoms with Gasteiger partial charge in [-0.05, 0) is 29.7 Å². The van der Waals surface area contributed by atoms with Gasteiger partial charge in [0.2, 0.25) is 0 Å². The van der Waals surface area contributed by atoms with Gasteiger partial charge in [0.15, 0.2) is 0 Å². The van der Waals surface area contributed by atoms with Crippen LogP contribution in [-0.4, -0.2) is 55.2 Å². The molecule has 2 heterocycles. The maximum atomic E-state index is 13.1. The van der Waals surface area contributed by atoms with Crippen molar-refractivity contribution in [1.29, 1.82) is 0 Å². The highest BCUT2D eigenvalue weighted by Crippen LogP contribution is 2.34. The molecule has 5 nitrogen and oxygen atoms in total. The van der Waals surface area contributed by atoms with Crippen molar-refractivity contribution in [3.05, 3.63) is 58.6 Å². The number of morpholine rings is 1. The van der Waals surface area contributed by atoms with Crippen LogP contribution >= 0.6 is 15.9 Å². The van der Waals surface area contributed by atoms with Gasteiger partial charge in [0, 0.05) is 57.9 Å². The number of ether oxygens (including phenoxy) is 1. The summed E-state index contributed by atoms with van der Waals surface area (Å²) in [6.45, 7) is 4.86. The predicted octanol–water partition coefficient (Wildman–Crippen LogP) is 4.30. The van der Waals surface area contributed by atoms with Gasteiger partial charge >= 0.3 is 0 Å². The van der Waals surface area contributed by atoms with Crippen LogP contribution in [0.15, 0.2) is 53.0 Å². The van der Waals surface area contributed by atoms with E-state index in [0.29, 0.717) is 12.1 Å². The number of halogens is 1. The van der Waals surface area contributed by atoms with Gasteiger partial charge < -0.3 is 15.0 Å². The number of rotatable bonds is 4. The molecule has 4 aromatic rings. The van der Waals surface area contributed by atoms with Crippen LogP contribution in [0.3, 0.4) is 0 Å². The molecule has 0 saturated carbocycles. The second-order valence-electron chi connectivity index (χ2n) is 7.42. The van der Waals surface area contributed by atoms with Crippen molar-refractivity contribution < 1.29 is 9.53 Å². The first-order valence-electron chi connectivity index (χ1n) is 9.92. The molecule has 3 aromatic carbocycles. The van der Waals surface area contributed by atoms with E-state index in [2.05, 4.69) is 49.3 Å². The predicted molar refractivity (Wildman–Crippen MR) is 121 cm³/mol. The standard InChI is InChI=1S/C23H22BrN3O2/c24-15-5-6-16-18(13-15)22-19(17-3-1-2-4-21(17)26-22)14-20(16)23(28)25-7-8-27-9-11-29-12-10-27/h1-6,13-14,26H,7-12H2,(H,25,28). The van der Waals surface area contributed by atoms with Gasteiger partial charge in [-0.1, -0.05) is 40.2 Å². The first-order chi connectivity index (χ1) is 14.2. The first kappa shape index (κ1) is 18.6. The summed E-state index contributed by atoms with van der Waals surface area (Å²) in [5.74, 6) is -0.0298. The molecule has 1 aromatic heterocycles. The Morgan fingerprint density at radius 3 is 2.69 bits per heavy atom. The molecular weight excluding hydrogens is 430 g/mol. The monoisotopic (exact) mass is 451 g/mol. The third-order valence-corrected chi connectivity index (χ3v) is 6.13. The molecule has 0 spiro atoms. The topological polar surface area (TPSA) is 57.4 Å². The molecule has 0 atom stereocenters. The Morgan fingerprint density at radius 2 is 1.83 bits per heavy atom. The smallest absolute Gasteiger partial charge is 0.251 e. The quantitative estimate of drug-likeness (QED) is 0.486. The third-order valence-electron chi connectivity index (χ3n) is 5.64. The number of nitrogens with zero attached hydrogens (tertiary/aromatic N) is 1. The van der Waals surface area contributed by atoms with E-state index in [1.165, 1.54) is 0 Å². The molecule has 1 amide bonds. The minimum atomic E-state index is -0.0298. The van der Waals surface area contributed by atoms with E-state index in [1.54, 1.807) is 0 Å². The normalized spacial score (nSPS) is 15.3. The molecule has 1 fully saturated rings. The van der Waals surface area contributed by atoms with Crippen LogP contribution in [0.1, 0.15) is 10.4 Å². The zero-order valence-electron chi connectivity index (χ0n) is 16.0. The number of carbonyl (C=O) groups is 1. The SMILES string of the molecule is O=C(NCCN1CCOCC1)c1cc2c3ccccc3[nH]c2c2cc(Br)ccc12. The van der Waals surface area contributed by atoms with Crippen molar-refractivity contribution in [2.75, 3.05) is 39.4 Å². The highest BCUT2D eigenvalue weighted by Gasteiger charge is 2.17. The van der Waals surface area contributed by atoms with Crippen LogP contribution in [0, 0.1) is 0 Å². The van der Waals surface area contributed by atoms with Gasteiger partial charge in [0.05, 0.1) is 18.7 Å². The average molecular weight is 452 g/mol. The van der Waals surface area contributed by atoms with E-state index >= 15 is 0 Å². The summed E-state index contributed by atoms with van der Waals surface area (Å²) in [4.78, 5) is 19.0. The van der Waals surface area contributed by atoms with E-state index in [-0.39, 0.29) is 5.91 Å². The fourth-order valence-electron chi connectivity index (χ4n) is 4.14. The minimum absolute atomic E-state index is 0.0298. The van der Waals surface area contributed by atoms with E-state index in [9.17, 15) is 4.79 Å². The number of amides is 1. The number of hydrogen-bond donors (Lipinski definition) is 2. The number of hydrogen-bond acceptors (Lipinski definition) is 3. The molecule has 6 heteroatoms. The Hall–Kier alpha value is -2.41. The molecule has 0 bridgehead atoms. The number of carbonyl (C=O) groups excluding carboxylic acids is 1. The van der Waals surface area contributed by atoms with Crippen LogP contribution < -0.4 is 5.32 Å². The van der Waals surface area contributed by atoms with Gasteiger partial charge in [0.25, 0.3) is 5.91 Å². The van der Waals surface area contributed by atoms with Crippen molar-refractivity contribution in [3.63, 3.8) is 0 Å². The highest BCUT2D eigenvalue weighted by molar-refractivity contribution is 9.10. The van der Waals surface area contributed by atoms with E-state index < -0.39 is 0 Å². The number of para-hydroxylation sites is 1. The molecule has 0 radical (unpaired) electrons. The van der Waals surface area contributed by atoms with Crippen molar-refractivity contribution in [3.8, 4) is 0 Å². The molecule has 5 rings (SSSR count). The highest BCUT2D eigenvalue weighted by atomic mass is 79.9. The van der Waals surface area contributed by atoms with Crippen LogP contribution in [-0.2, 0) is 4.74 Å². The average Bonchev–Trinajstić information content (AvgIpc) is 3.13. The lowest BCUT2D eigenvalue weighted by atomic mass is 9.99. The van der Waals surface area contributed by atoms with E-state index in [4.69, 9.17) is 4.74 Å². The Kier molecular flexibility index (Phi) is 4.99.